The van der Waals surface area contributed by atoms with Crippen molar-refractivity contribution in [3.63, 3.8) is 0 Å². The Morgan fingerprint density at radius 1 is 0.905 bits per heavy atom. The fourth-order valence-electron chi connectivity index (χ4n) is 4.79. The Kier molecular flexibility index (Phi) is 7.00. The maximum absolute atomic E-state index is 13.3. The summed E-state index contributed by atoms with van der Waals surface area (Å²) in [6.07, 6.45) is 9.10. The number of rotatable bonds is 6. The molecule has 2 amide bonds. The molecule has 6 aromatic rings. The van der Waals surface area contributed by atoms with E-state index >= 15 is 0 Å². The van der Waals surface area contributed by atoms with Gasteiger partial charge < -0.3 is 9.88 Å². The van der Waals surface area contributed by atoms with Gasteiger partial charge in [-0.3, -0.25) is 15.3 Å². The minimum absolute atomic E-state index is 0.200. The van der Waals surface area contributed by atoms with Gasteiger partial charge in [0.2, 0.25) is 0 Å². The summed E-state index contributed by atoms with van der Waals surface area (Å²) >= 11 is 0. The first kappa shape index (κ1) is 26.9. The Morgan fingerprint density at radius 2 is 1.74 bits per heavy atom. The van der Waals surface area contributed by atoms with Gasteiger partial charge in [0.15, 0.2) is 0 Å². The Hall–Kier alpha value is -5.31. The van der Waals surface area contributed by atoms with E-state index in [-0.39, 0.29) is 11.4 Å². The van der Waals surface area contributed by atoms with Crippen molar-refractivity contribution in [2.24, 2.45) is 0 Å². The average Bonchev–Trinajstić information content (AvgIpc) is 3.65. The molecule has 2 aromatic carbocycles. The summed E-state index contributed by atoms with van der Waals surface area (Å²) in [5.74, 6) is 0.561. The number of aromatic nitrogens is 6. The van der Waals surface area contributed by atoms with Crippen LogP contribution >= 0.6 is 0 Å². The molecular weight excluding hydrogens is 524 g/mol. The number of benzene rings is 2. The highest BCUT2D eigenvalue weighted by atomic mass is 16.2. The van der Waals surface area contributed by atoms with Crippen LogP contribution in [0.5, 0.6) is 0 Å². The smallest absolute Gasteiger partial charge is 0.324 e. The van der Waals surface area contributed by atoms with Crippen LogP contribution in [0.25, 0.3) is 27.6 Å². The Bertz CT molecular complexity index is 1850. The number of hydrogen-bond donors (Lipinski definition) is 2. The number of hydrogen-bond acceptors (Lipinski definition) is 5. The lowest BCUT2D eigenvalue weighted by atomic mass is 9.92. The maximum atomic E-state index is 13.3. The van der Waals surface area contributed by atoms with E-state index in [0.29, 0.717) is 18.1 Å². The van der Waals surface area contributed by atoms with Crippen LogP contribution in [0.15, 0.2) is 97.8 Å². The van der Waals surface area contributed by atoms with Crippen molar-refractivity contribution in [2.45, 2.75) is 39.7 Å². The van der Waals surface area contributed by atoms with E-state index in [0.717, 1.165) is 44.7 Å². The second-order valence-corrected chi connectivity index (χ2v) is 11.3. The van der Waals surface area contributed by atoms with Crippen LogP contribution in [0.1, 0.15) is 37.9 Å². The van der Waals surface area contributed by atoms with E-state index in [1.165, 1.54) is 0 Å². The molecule has 0 radical (unpaired) electrons. The number of amides is 2. The highest BCUT2D eigenvalue weighted by Gasteiger charge is 2.22. The number of carbonyl (C=O) groups is 1. The molecule has 4 aromatic heterocycles. The SMILES string of the molecule is Cc1ccc(-n2nc(C(C)(C)C)cc2NC(=O)Nc2ccc(-c3ccc(Cn4ccnc4)nc3)c3ccccc23)cn1. The first-order valence-corrected chi connectivity index (χ1v) is 13.8. The van der Waals surface area contributed by atoms with Gasteiger partial charge in [-0.15, -0.1) is 0 Å². The second-order valence-electron chi connectivity index (χ2n) is 11.3. The minimum atomic E-state index is -0.361. The summed E-state index contributed by atoms with van der Waals surface area (Å²) < 4.78 is 3.70. The number of urea groups is 1. The fraction of sp³-hybridized carbons (Fsp3) is 0.182. The van der Waals surface area contributed by atoms with Crippen molar-refractivity contribution in [3.8, 4) is 16.8 Å². The summed E-state index contributed by atoms with van der Waals surface area (Å²) in [4.78, 5) is 26.5. The lowest BCUT2D eigenvalue weighted by molar-refractivity contribution is 0.262. The van der Waals surface area contributed by atoms with Crippen LogP contribution in [-0.4, -0.2) is 35.3 Å². The third-order valence-electron chi connectivity index (χ3n) is 7.07. The summed E-state index contributed by atoms with van der Waals surface area (Å²) in [5, 5.41) is 12.8. The monoisotopic (exact) mass is 556 g/mol. The number of carbonyl (C=O) groups excluding carboxylic acids is 1. The highest BCUT2D eigenvalue weighted by molar-refractivity contribution is 6.09. The zero-order chi connectivity index (χ0) is 29.3. The van der Waals surface area contributed by atoms with Crippen LogP contribution in [0, 0.1) is 6.92 Å². The molecule has 0 aliphatic rings. The van der Waals surface area contributed by atoms with Crippen LogP contribution in [-0.2, 0) is 12.0 Å². The number of nitrogens with one attached hydrogen (secondary N) is 2. The predicted octanol–water partition coefficient (Wildman–Crippen LogP) is 6.98. The van der Waals surface area contributed by atoms with Crippen molar-refractivity contribution in [1.82, 2.24) is 29.3 Å². The van der Waals surface area contributed by atoms with Gasteiger partial charge in [-0.05, 0) is 42.1 Å². The van der Waals surface area contributed by atoms with E-state index in [1.54, 1.807) is 23.4 Å². The first-order chi connectivity index (χ1) is 20.2. The normalized spacial score (nSPS) is 11.5. The second kappa shape index (κ2) is 10.9. The Balaban J connectivity index is 1.26. The van der Waals surface area contributed by atoms with Crippen molar-refractivity contribution in [3.05, 3.63) is 115 Å². The van der Waals surface area contributed by atoms with Crippen molar-refractivity contribution in [2.75, 3.05) is 10.6 Å². The molecular formula is C33H32N8O. The molecule has 2 N–H and O–H groups in total. The third-order valence-corrected chi connectivity index (χ3v) is 7.07. The van der Waals surface area contributed by atoms with Gasteiger partial charge in [-0.2, -0.15) is 5.10 Å². The van der Waals surface area contributed by atoms with Gasteiger partial charge >= 0.3 is 6.03 Å². The molecule has 0 bridgehead atoms. The van der Waals surface area contributed by atoms with Crippen LogP contribution in [0.3, 0.4) is 0 Å². The lowest BCUT2D eigenvalue weighted by Gasteiger charge is -2.14. The average molecular weight is 557 g/mol. The fourth-order valence-corrected chi connectivity index (χ4v) is 4.79. The molecule has 0 aliphatic carbocycles. The van der Waals surface area contributed by atoms with E-state index in [9.17, 15) is 4.79 Å². The number of nitrogens with zero attached hydrogens (tertiary/aromatic N) is 6. The molecule has 0 aliphatic heterocycles. The molecule has 210 valence electrons. The van der Waals surface area contributed by atoms with Crippen LogP contribution in [0.2, 0.25) is 0 Å². The molecule has 0 fully saturated rings. The summed E-state index contributed by atoms with van der Waals surface area (Å²) in [5.41, 5.74) is 6.03. The number of anilines is 2. The Morgan fingerprint density at radius 3 is 2.43 bits per heavy atom. The number of pyridine rings is 2. The maximum Gasteiger partial charge on any atom is 0.324 e. The largest absolute Gasteiger partial charge is 0.331 e. The molecule has 6 rings (SSSR count). The zero-order valence-corrected chi connectivity index (χ0v) is 24.0. The topological polar surface area (TPSA) is 103 Å². The summed E-state index contributed by atoms with van der Waals surface area (Å²) in [7, 11) is 0. The predicted molar refractivity (Wildman–Crippen MR) is 166 cm³/mol. The van der Waals surface area contributed by atoms with E-state index in [1.807, 2.05) is 78.5 Å². The van der Waals surface area contributed by atoms with Gasteiger partial charge in [0, 0.05) is 46.7 Å². The van der Waals surface area contributed by atoms with Gasteiger partial charge in [0.1, 0.15) is 5.82 Å². The van der Waals surface area contributed by atoms with Crippen molar-refractivity contribution in [1.29, 1.82) is 0 Å². The van der Waals surface area contributed by atoms with Crippen molar-refractivity contribution >= 4 is 28.3 Å². The first-order valence-electron chi connectivity index (χ1n) is 13.8. The lowest BCUT2D eigenvalue weighted by Crippen LogP contribution is -2.21. The molecule has 0 saturated heterocycles. The molecule has 4 heterocycles. The summed E-state index contributed by atoms with van der Waals surface area (Å²) in [6, 6.07) is 21.5. The zero-order valence-electron chi connectivity index (χ0n) is 24.0. The molecule has 0 saturated carbocycles. The minimum Gasteiger partial charge on any atom is -0.331 e. The van der Waals surface area contributed by atoms with Crippen molar-refractivity contribution < 1.29 is 4.79 Å². The number of fused-ring (bicyclic) bond motifs is 1. The highest BCUT2D eigenvalue weighted by Crippen LogP contribution is 2.33. The third kappa shape index (κ3) is 5.62. The molecule has 0 atom stereocenters. The summed E-state index contributed by atoms with van der Waals surface area (Å²) in [6.45, 7) is 8.87. The van der Waals surface area contributed by atoms with E-state index < -0.39 is 0 Å². The standard InChI is InChI=1S/C33H32N8O/c1-22-9-12-25(19-35-22)41-31(17-30(39-41)33(2,3)4)38-32(42)37-29-14-13-26(27-7-5-6-8-28(27)29)23-10-11-24(36-18-23)20-40-16-15-34-21-40/h5-19,21H,20H2,1-4H3,(H2,37,38,42). The molecule has 42 heavy (non-hydrogen) atoms. The molecule has 0 spiro atoms. The Labute approximate surface area is 244 Å². The molecule has 0 unspecified atom stereocenters. The molecule has 9 nitrogen and oxygen atoms in total. The van der Waals surface area contributed by atoms with Gasteiger partial charge in [-0.25, -0.2) is 14.5 Å². The van der Waals surface area contributed by atoms with Gasteiger partial charge in [0.25, 0.3) is 0 Å². The quantitative estimate of drug-likeness (QED) is 0.230. The van der Waals surface area contributed by atoms with Gasteiger partial charge in [0.05, 0.1) is 41.8 Å². The van der Waals surface area contributed by atoms with E-state index in [4.69, 9.17) is 5.10 Å². The number of aryl methyl sites for hydroxylation is 1. The van der Waals surface area contributed by atoms with Gasteiger partial charge in [-0.1, -0.05) is 57.2 Å². The number of imidazole rings is 1. The molecule has 9 heteroatoms. The van der Waals surface area contributed by atoms with Crippen LogP contribution in [0.4, 0.5) is 16.3 Å². The van der Waals surface area contributed by atoms with Crippen LogP contribution < -0.4 is 10.6 Å². The van der Waals surface area contributed by atoms with E-state index in [2.05, 4.69) is 58.5 Å².